The van der Waals surface area contributed by atoms with E-state index in [0.717, 1.165) is 9.80 Å². The van der Waals surface area contributed by atoms with Crippen molar-refractivity contribution in [2.75, 3.05) is 45.9 Å². The number of ether oxygens (including phenoxy) is 1. The second-order valence-corrected chi connectivity index (χ2v) is 6.31. The Bertz CT molecular complexity index is 668. The zero-order chi connectivity index (χ0) is 25.0. The van der Waals surface area contributed by atoms with Gasteiger partial charge in [0.15, 0.2) is 11.9 Å². The van der Waals surface area contributed by atoms with Crippen LogP contribution in [0.4, 0.5) is 0 Å². The number of carboxylic acid groups (broad SMARTS) is 4. The third-order valence-electron chi connectivity index (χ3n) is 3.64. The molecule has 1 heterocycles. The van der Waals surface area contributed by atoms with E-state index in [1.54, 1.807) is 0 Å². The third-order valence-corrected chi connectivity index (χ3v) is 3.64. The number of aliphatic hydroxyl groups is 4. The van der Waals surface area contributed by atoms with Gasteiger partial charge in [-0.3, -0.25) is 29.0 Å². The Morgan fingerprint density at radius 1 is 0.812 bits per heavy atom. The van der Waals surface area contributed by atoms with Crippen molar-refractivity contribution in [3.8, 4) is 0 Å². The minimum Gasteiger partial charge on any atom is -0.505 e. The molecule has 16 nitrogen and oxygen atoms in total. The molecule has 0 aliphatic carbocycles. The van der Waals surface area contributed by atoms with Gasteiger partial charge in [-0.1, -0.05) is 0 Å². The van der Waals surface area contributed by atoms with Crippen LogP contribution in [0.2, 0.25) is 0 Å². The highest BCUT2D eigenvalue weighted by atomic mass is 16.6. The van der Waals surface area contributed by atoms with Crippen LogP contribution >= 0.6 is 0 Å². The van der Waals surface area contributed by atoms with E-state index in [4.69, 9.17) is 40.9 Å². The summed E-state index contributed by atoms with van der Waals surface area (Å²) in [6.07, 6.45) is -2.78. The number of carbonyl (C=O) groups is 5. The molecule has 1 rings (SSSR count). The van der Waals surface area contributed by atoms with E-state index in [-0.39, 0.29) is 13.1 Å². The van der Waals surface area contributed by atoms with Crippen LogP contribution in [0.15, 0.2) is 11.5 Å². The molecule has 2 atom stereocenters. The molecule has 0 unspecified atom stereocenters. The lowest BCUT2D eigenvalue weighted by molar-refractivity contribution is -0.148. The molecule has 1 aliphatic heterocycles. The first kappa shape index (κ1) is 28.5. The summed E-state index contributed by atoms with van der Waals surface area (Å²) in [5.74, 6) is -7.69. The molecule has 0 fully saturated rings. The normalized spacial score (nSPS) is 16.4. The molecular weight excluding hydrogens is 444 g/mol. The second-order valence-electron chi connectivity index (χ2n) is 6.31. The van der Waals surface area contributed by atoms with E-state index >= 15 is 0 Å². The number of hydrogen-bond acceptors (Lipinski definition) is 12. The van der Waals surface area contributed by atoms with Gasteiger partial charge >= 0.3 is 29.8 Å². The number of aliphatic hydroxyl groups excluding tert-OH is 4. The molecule has 0 radical (unpaired) electrons. The standard InChI is InChI=1S/C10H16N2O8.C6H8O6/c13-7(14)3-11(4-8(15)16)1-2-12(5-9(17)18)6-10(19)20;7-1-2(8)5-3(9)4(10)6(11)12-5/h1-6H2,(H,13,14)(H,15,16)(H,17,18)(H,19,20);2,5,7-10H,1H2/t;2-,5+/m.0/s1. The minimum absolute atomic E-state index is 0.0703. The molecule has 0 aromatic heterocycles. The van der Waals surface area contributed by atoms with Gasteiger partial charge in [0.25, 0.3) is 0 Å². The van der Waals surface area contributed by atoms with Gasteiger partial charge in [-0.05, 0) is 0 Å². The first-order valence-electron chi connectivity index (χ1n) is 8.72. The van der Waals surface area contributed by atoms with Crippen LogP contribution in [0.25, 0.3) is 0 Å². The smallest absolute Gasteiger partial charge is 0.377 e. The van der Waals surface area contributed by atoms with Gasteiger partial charge in [0.05, 0.1) is 32.8 Å². The highest BCUT2D eigenvalue weighted by Gasteiger charge is 2.38. The van der Waals surface area contributed by atoms with Crippen molar-refractivity contribution in [3.05, 3.63) is 11.5 Å². The number of hydrogen-bond donors (Lipinski definition) is 8. The Balaban J connectivity index is 0.000000677. The largest absolute Gasteiger partial charge is 0.505 e. The molecule has 8 N–H and O–H groups in total. The minimum atomic E-state index is -1.42. The predicted molar refractivity (Wildman–Crippen MR) is 98.7 cm³/mol. The summed E-state index contributed by atoms with van der Waals surface area (Å²) < 4.78 is 4.32. The monoisotopic (exact) mass is 468 g/mol. The third kappa shape index (κ3) is 11.1. The Morgan fingerprint density at radius 3 is 1.38 bits per heavy atom. The van der Waals surface area contributed by atoms with Crippen LogP contribution in [-0.2, 0) is 28.7 Å². The van der Waals surface area contributed by atoms with Gasteiger partial charge in [-0.2, -0.15) is 0 Å². The first-order chi connectivity index (χ1) is 14.8. The number of cyclic esters (lactones) is 1. The molecule has 0 amide bonds. The lowest BCUT2D eigenvalue weighted by Crippen LogP contribution is -2.43. The maximum atomic E-state index is 10.6. The van der Waals surface area contributed by atoms with Crippen LogP contribution in [0.3, 0.4) is 0 Å². The van der Waals surface area contributed by atoms with Crippen molar-refractivity contribution in [3.63, 3.8) is 0 Å². The lowest BCUT2D eigenvalue weighted by Gasteiger charge is -2.23. The molecule has 32 heavy (non-hydrogen) atoms. The van der Waals surface area contributed by atoms with Crippen molar-refractivity contribution < 1.29 is 69.6 Å². The summed E-state index contributed by atoms with van der Waals surface area (Å²) in [4.78, 5) is 54.9. The molecule has 1 aliphatic rings. The summed E-state index contributed by atoms with van der Waals surface area (Å²) in [6.45, 7) is -2.92. The van der Waals surface area contributed by atoms with Crippen molar-refractivity contribution in [2.45, 2.75) is 12.2 Å². The van der Waals surface area contributed by atoms with Gasteiger partial charge in [-0.15, -0.1) is 0 Å². The number of rotatable bonds is 13. The van der Waals surface area contributed by atoms with E-state index in [2.05, 4.69) is 4.74 Å². The summed E-state index contributed by atoms with van der Waals surface area (Å²) in [7, 11) is 0. The average molecular weight is 468 g/mol. The van der Waals surface area contributed by atoms with Crippen molar-refractivity contribution in [2.24, 2.45) is 0 Å². The number of esters is 1. The van der Waals surface area contributed by atoms with E-state index in [0.29, 0.717) is 0 Å². The Hall–Kier alpha value is -3.47. The summed E-state index contributed by atoms with van der Waals surface area (Å²) in [5, 5.41) is 69.5. The number of carboxylic acids is 4. The van der Waals surface area contributed by atoms with Crippen LogP contribution in [0.5, 0.6) is 0 Å². The highest BCUT2D eigenvalue weighted by Crippen LogP contribution is 2.20. The summed E-state index contributed by atoms with van der Waals surface area (Å²) in [5.41, 5.74) is 0. The van der Waals surface area contributed by atoms with Crippen LogP contribution in [0.1, 0.15) is 0 Å². The topological polar surface area (TPSA) is 263 Å². The zero-order valence-electron chi connectivity index (χ0n) is 16.5. The molecule has 182 valence electrons. The fourth-order valence-corrected chi connectivity index (χ4v) is 2.30. The number of nitrogens with zero attached hydrogens (tertiary/aromatic N) is 2. The zero-order valence-corrected chi connectivity index (χ0v) is 16.5. The van der Waals surface area contributed by atoms with Crippen molar-refractivity contribution in [1.29, 1.82) is 0 Å². The van der Waals surface area contributed by atoms with Gasteiger partial charge in [0.2, 0.25) is 5.76 Å². The Morgan fingerprint density at radius 2 is 1.16 bits per heavy atom. The van der Waals surface area contributed by atoms with Crippen LogP contribution in [0, 0.1) is 0 Å². The van der Waals surface area contributed by atoms with E-state index in [9.17, 15) is 24.0 Å². The van der Waals surface area contributed by atoms with Crippen LogP contribution in [-0.4, -0.2) is 139 Å². The van der Waals surface area contributed by atoms with Gasteiger partial charge in [0, 0.05) is 13.1 Å². The quantitative estimate of drug-likeness (QED) is 0.122. The van der Waals surface area contributed by atoms with Crippen molar-refractivity contribution in [1.82, 2.24) is 9.80 Å². The Kier molecular flexibility index (Phi) is 12.3. The molecule has 0 aromatic rings. The fraction of sp³-hybridized carbons (Fsp3) is 0.562. The maximum absolute atomic E-state index is 10.6. The van der Waals surface area contributed by atoms with Gasteiger partial charge < -0.3 is 45.6 Å². The van der Waals surface area contributed by atoms with Gasteiger partial charge in [0.1, 0.15) is 6.10 Å². The summed E-state index contributed by atoms with van der Waals surface area (Å²) >= 11 is 0. The van der Waals surface area contributed by atoms with Gasteiger partial charge in [-0.25, -0.2) is 4.79 Å². The van der Waals surface area contributed by atoms with E-state index in [1.807, 2.05) is 0 Å². The molecule has 0 bridgehead atoms. The molecule has 0 spiro atoms. The predicted octanol–water partition coefficient (Wildman–Crippen LogP) is -3.48. The SMILES string of the molecule is O=C(O)CN(CCN(CC(=O)O)CC(=O)O)CC(=O)O.O=C1O[C@H]([C@@H](O)CO)C(O)=C1O. The molecule has 0 saturated heterocycles. The maximum Gasteiger partial charge on any atom is 0.377 e. The number of aliphatic carboxylic acids is 4. The first-order valence-corrected chi connectivity index (χ1v) is 8.72. The average Bonchev–Trinajstić information content (AvgIpc) is 2.91. The van der Waals surface area contributed by atoms with Crippen LogP contribution < -0.4 is 0 Å². The molecule has 0 saturated carbocycles. The second kappa shape index (κ2) is 13.8. The molecule has 0 aromatic carbocycles. The van der Waals surface area contributed by atoms with E-state index in [1.165, 1.54) is 0 Å². The number of carbonyl (C=O) groups excluding carboxylic acids is 1. The lowest BCUT2D eigenvalue weighted by atomic mass is 10.2. The Labute approximate surface area is 179 Å². The highest BCUT2D eigenvalue weighted by molar-refractivity contribution is 5.89. The molecule has 16 heteroatoms. The van der Waals surface area contributed by atoms with Crippen molar-refractivity contribution >= 4 is 29.8 Å². The molecular formula is C16H24N2O14. The fourth-order valence-electron chi connectivity index (χ4n) is 2.30. The van der Waals surface area contributed by atoms with E-state index < -0.39 is 86.4 Å². The summed E-state index contributed by atoms with van der Waals surface area (Å²) in [6, 6.07) is 0.